The van der Waals surface area contributed by atoms with E-state index < -0.39 is 5.60 Å². The van der Waals surface area contributed by atoms with Gasteiger partial charge in [-0.3, -0.25) is 0 Å². The van der Waals surface area contributed by atoms with Crippen molar-refractivity contribution >= 4 is 11.8 Å². The maximum atomic E-state index is 9.51. The molecule has 94 valence electrons. The maximum absolute atomic E-state index is 9.51. The molecule has 0 saturated carbocycles. The van der Waals surface area contributed by atoms with Crippen LogP contribution in [-0.4, -0.2) is 48.5 Å². The number of hydrogen-bond acceptors (Lipinski definition) is 4. The molecule has 0 unspecified atom stereocenters. The molecule has 1 heterocycles. The summed E-state index contributed by atoms with van der Waals surface area (Å²) in [6.45, 7) is 7.26. The fraction of sp³-hybridized carbons (Fsp3) is 0.833. The lowest BCUT2D eigenvalue weighted by molar-refractivity contribution is 0.107. The molecule has 0 amide bonds. The van der Waals surface area contributed by atoms with Crippen LogP contribution >= 0.6 is 11.8 Å². The summed E-state index contributed by atoms with van der Waals surface area (Å²) in [5.41, 5.74) is 0.809. The first-order valence-corrected chi connectivity index (χ1v) is 7.00. The molecule has 1 rings (SSSR count). The fourth-order valence-corrected chi connectivity index (χ4v) is 2.38. The zero-order valence-electron chi connectivity index (χ0n) is 10.3. The first-order valence-electron chi connectivity index (χ1n) is 5.84. The maximum Gasteiger partial charge on any atom is 0.0689 e. The first kappa shape index (κ1) is 14.0. The molecular formula is C12H23NO2S. The lowest BCUT2D eigenvalue weighted by atomic mass is 10.2. The molecule has 16 heavy (non-hydrogen) atoms. The van der Waals surface area contributed by atoms with Crippen LogP contribution in [0.4, 0.5) is 0 Å². The van der Waals surface area contributed by atoms with Gasteiger partial charge in [-0.2, -0.15) is 11.8 Å². The second-order valence-corrected chi connectivity index (χ2v) is 5.85. The highest BCUT2D eigenvalue weighted by molar-refractivity contribution is 7.99. The molecular weight excluding hydrogens is 222 g/mol. The van der Waals surface area contributed by atoms with Crippen molar-refractivity contribution in [2.45, 2.75) is 25.9 Å². The van der Waals surface area contributed by atoms with Gasteiger partial charge in [0.05, 0.1) is 18.8 Å². The van der Waals surface area contributed by atoms with Crippen molar-refractivity contribution in [3.05, 3.63) is 11.6 Å². The van der Waals surface area contributed by atoms with Gasteiger partial charge < -0.3 is 15.2 Å². The molecule has 0 saturated heterocycles. The van der Waals surface area contributed by atoms with Crippen LogP contribution < -0.4 is 5.32 Å². The minimum atomic E-state index is -0.551. The van der Waals surface area contributed by atoms with Gasteiger partial charge in [0.2, 0.25) is 0 Å². The Morgan fingerprint density at radius 3 is 3.00 bits per heavy atom. The third kappa shape index (κ3) is 7.28. The Balaban J connectivity index is 1.94. The molecule has 4 heteroatoms. The lowest BCUT2D eigenvalue weighted by Gasteiger charge is -2.17. The Kier molecular flexibility index (Phi) is 6.43. The summed E-state index contributed by atoms with van der Waals surface area (Å²) >= 11 is 1.78. The van der Waals surface area contributed by atoms with Crippen LogP contribution in [0.15, 0.2) is 11.6 Å². The van der Waals surface area contributed by atoms with Gasteiger partial charge in [0.15, 0.2) is 0 Å². The van der Waals surface area contributed by atoms with Crippen molar-refractivity contribution in [2.24, 2.45) is 0 Å². The largest absolute Gasteiger partial charge is 0.390 e. The zero-order valence-corrected chi connectivity index (χ0v) is 11.1. The highest BCUT2D eigenvalue weighted by Crippen LogP contribution is 2.11. The Hall–Kier alpha value is -0.0300. The average molecular weight is 245 g/mol. The van der Waals surface area contributed by atoms with Crippen LogP contribution in [0.2, 0.25) is 0 Å². The smallest absolute Gasteiger partial charge is 0.0689 e. The SMILES string of the molecule is CC(C)(O)CSCCNCC1=CCCOC1. The third-order valence-corrected chi connectivity index (χ3v) is 3.62. The van der Waals surface area contributed by atoms with E-state index >= 15 is 0 Å². The van der Waals surface area contributed by atoms with Gasteiger partial charge in [-0.25, -0.2) is 0 Å². The van der Waals surface area contributed by atoms with Gasteiger partial charge in [-0.05, 0) is 25.8 Å². The number of hydrogen-bond donors (Lipinski definition) is 2. The molecule has 0 aromatic rings. The van der Waals surface area contributed by atoms with Gasteiger partial charge >= 0.3 is 0 Å². The quantitative estimate of drug-likeness (QED) is 0.526. The number of ether oxygens (including phenoxy) is 1. The van der Waals surface area contributed by atoms with E-state index in [1.54, 1.807) is 11.8 Å². The monoisotopic (exact) mass is 245 g/mol. The summed E-state index contributed by atoms with van der Waals surface area (Å²) < 4.78 is 5.36. The average Bonchev–Trinajstić information content (AvgIpc) is 2.23. The van der Waals surface area contributed by atoms with Crippen molar-refractivity contribution in [3.63, 3.8) is 0 Å². The third-order valence-electron chi connectivity index (χ3n) is 2.21. The molecule has 0 aliphatic carbocycles. The van der Waals surface area contributed by atoms with Crippen LogP contribution in [0.5, 0.6) is 0 Å². The molecule has 2 N–H and O–H groups in total. The Bertz CT molecular complexity index is 224. The minimum Gasteiger partial charge on any atom is -0.390 e. The van der Waals surface area contributed by atoms with E-state index in [0.717, 1.165) is 44.2 Å². The molecule has 0 fully saturated rings. The topological polar surface area (TPSA) is 41.5 Å². The summed E-state index contributed by atoms with van der Waals surface area (Å²) in [7, 11) is 0. The second kappa shape index (κ2) is 7.33. The molecule has 3 nitrogen and oxygen atoms in total. The van der Waals surface area contributed by atoms with Crippen LogP contribution in [0, 0.1) is 0 Å². The van der Waals surface area contributed by atoms with E-state index in [0.29, 0.717) is 0 Å². The van der Waals surface area contributed by atoms with Gasteiger partial charge in [0.1, 0.15) is 0 Å². The van der Waals surface area contributed by atoms with Gasteiger partial charge in [-0.1, -0.05) is 6.08 Å². The summed E-state index contributed by atoms with van der Waals surface area (Å²) in [6.07, 6.45) is 3.31. The Labute approximate surface area is 103 Å². The van der Waals surface area contributed by atoms with Crippen molar-refractivity contribution < 1.29 is 9.84 Å². The van der Waals surface area contributed by atoms with Crippen molar-refractivity contribution in [3.8, 4) is 0 Å². The Morgan fingerprint density at radius 1 is 1.56 bits per heavy atom. The summed E-state index contributed by atoms with van der Waals surface area (Å²) in [5, 5.41) is 12.9. The molecule has 1 aliphatic heterocycles. The van der Waals surface area contributed by atoms with Gasteiger partial charge in [0.25, 0.3) is 0 Å². The van der Waals surface area contributed by atoms with Crippen molar-refractivity contribution in [1.29, 1.82) is 0 Å². The summed E-state index contributed by atoms with van der Waals surface area (Å²) in [5.74, 6) is 1.83. The highest BCUT2D eigenvalue weighted by Gasteiger charge is 2.11. The highest BCUT2D eigenvalue weighted by atomic mass is 32.2. The van der Waals surface area contributed by atoms with Crippen molar-refractivity contribution in [2.75, 3.05) is 37.8 Å². The molecule has 1 aliphatic rings. The van der Waals surface area contributed by atoms with E-state index in [2.05, 4.69) is 11.4 Å². The zero-order chi connectivity index (χ0) is 11.9. The molecule has 0 bridgehead atoms. The summed E-state index contributed by atoms with van der Waals surface area (Å²) in [6, 6.07) is 0. The normalized spacial score (nSPS) is 17.3. The Morgan fingerprint density at radius 2 is 2.38 bits per heavy atom. The second-order valence-electron chi connectivity index (χ2n) is 4.75. The standard InChI is InChI=1S/C12H23NO2S/c1-12(2,14)10-16-7-5-13-8-11-4-3-6-15-9-11/h4,13-14H,3,5-10H2,1-2H3. The molecule has 0 radical (unpaired) electrons. The van der Waals surface area contributed by atoms with Crippen molar-refractivity contribution in [1.82, 2.24) is 5.32 Å². The number of thioether (sulfide) groups is 1. The van der Waals surface area contributed by atoms with E-state index in [9.17, 15) is 5.11 Å². The van der Waals surface area contributed by atoms with E-state index in [1.807, 2.05) is 13.8 Å². The number of aliphatic hydroxyl groups is 1. The van der Waals surface area contributed by atoms with Crippen LogP contribution in [0.3, 0.4) is 0 Å². The van der Waals surface area contributed by atoms with Crippen LogP contribution in [-0.2, 0) is 4.74 Å². The molecule has 0 atom stereocenters. The van der Waals surface area contributed by atoms with E-state index in [4.69, 9.17) is 4.74 Å². The molecule has 0 aromatic heterocycles. The summed E-state index contributed by atoms with van der Waals surface area (Å²) in [4.78, 5) is 0. The van der Waals surface area contributed by atoms with E-state index in [1.165, 1.54) is 5.57 Å². The first-order chi connectivity index (χ1) is 7.58. The number of rotatable bonds is 7. The minimum absolute atomic E-state index is 0.551. The van der Waals surface area contributed by atoms with Gasteiger partial charge in [-0.15, -0.1) is 0 Å². The lowest BCUT2D eigenvalue weighted by Crippen LogP contribution is -2.25. The number of nitrogens with one attached hydrogen (secondary N) is 1. The fourth-order valence-electron chi connectivity index (χ4n) is 1.45. The van der Waals surface area contributed by atoms with Crippen LogP contribution in [0.1, 0.15) is 20.3 Å². The van der Waals surface area contributed by atoms with Gasteiger partial charge in [0, 0.05) is 24.6 Å². The predicted octanol–water partition coefficient (Wildman–Crippen LogP) is 1.43. The van der Waals surface area contributed by atoms with Crippen LogP contribution in [0.25, 0.3) is 0 Å². The van der Waals surface area contributed by atoms with E-state index in [-0.39, 0.29) is 0 Å². The molecule has 0 spiro atoms. The predicted molar refractivity (Wildman–Crippen MR) is 70.0 cm³/mol. The molecule has 0 aromatic carbocycles.